The van der Waals surface area contributed by atoms with Crippen molar-refractivity contribution in [1.82, 2.24) is 10.3 Å². The first-order valence-corrected chi connectivity index (χ1v) is 5.34. The number of esters is 1. The Hall–Kier alpha value is -2.42. The number of nitrogens with one attached hydrogen (secondary N) is 1. The average molecular weight is 247 g/mol. The smallest absolute Gasteiger partial charge is 0.328 e. The number of aromatic nitrogens is 1. The summed E-state index contributed by atoms with van der Waals surface area (Å²) in [6.45, 7) is 0. The van der Waals surface area contributed by atoms with E-state index in [1.807, 2.05) is 6.07 Å². The highest BCUT2D eigenvalue weighted by molar-refractivity contribution is 5.96. The first kappa shape index (κ1) is 13.6. The molecule has 6 nitrogen and oxygen atoms in total. The van der Waals surface area contributed by atoms with Gasteiger partial charge in [0.1, 0.15) is 6.04 Å². The molecule has 1 aromatic rings. The molecule has 0 radical (unpaired) electrons. The summed E-state index contributed by atoms with van der Waals surface area (Å²) < 4.78 is 4.57. The van der Waals surface area contributed by atoms with Gasteiger partial charge in [0.05, 0.1) is 13.2 Å². The van der Waals surface area contributed by atoms with Gasteiger partial charge < -0.3 is 10.1 Å². The molecule has 0 aromatic carbocycles. The largest absolute Gasteiger partial charge is 0.467 e. The Kier molecular flexibility index (Phi) is 5.32. The molecule has 0 bridgehead atoms. The number of carbonyl (C=O) groups excluding carboxylic acids is 2. The number of ether oxygens (including phenoxy) is 1. The van der Waals surface area contributed by atoms with Crippen LogP contribution in [0.4, 0.5) is 0 Å². The van der Waals surface area contributed by atoms with E-state index in [2.05, 4.69) is 15.0 Å². The highest BCUT2D eigenvalue weighted by atomic mass is 16.5. The lowest BCUT2D eigenvalue weighted by Gasteiger charge is -2.14. The van der Waals surface area contributed by atoms with Crippen LogP contribution in [0.25, 0.3) is 0 Å². The summed E-state index contributed by atoms with van der Waals surface area (Å²) in [5.74, 6) is -0.960. The number of hydrogen-bond acceptors (Lipinski definition) is 5. The highest BCUT2D eigenvalue weighted by Gasteiger charge is 2.21. The van der Waals surface area contributed by atoms with Gasteiger partial charge in [0.2, 0.25) is 0 Å². The van der Waals surface area contributed by atoms with Crippen molar-refractivity contribution in [3.8, 4) is 6.07 Å². The molecule has 0 saturated carbocycles. The van der Waals surface area contributed by atoms with Gasteiger partial charge in [0.25, 0.3) is 5.91 Å². The zero-order chi connectivity index (χ0) is 13.4. The molecule has 6 heteroatoms. The lowest BCUT2D eigenvalue weighted by Crippen LogP contribution is -2.41. The number of amides is 1. The fourth-order valence-corrected chi connectivity index (χ4v) is 1.34. The second-order valence-corrected chi connectivity index (χ2v) is 3.48. The number of rotatable bonds is 5. The molecule has 0 saturated heterocycles. The number of nitriles is 1. The molecule has 0 aliphatic heterocycles. The molecule has 94 valence electrons. The summed E-state index contributed by atoms with van der Waals surface area (Å²) in [6.07, 6.45) is 3.35. The predicted molar refractivity (Wildman–Crippen MR) is 62.4 cm³/mol. The standard InChI is InChI=1S/C12H13N3O3/c1-18-12(17)10(3-2-6-13)15-11(16)9-4-7-14-8-5-9/h4-5,7-8,10H,2-3H2,1H3,(H,15,16)/t10-/m1/s1. The van der Waals surface area contributed by atoms with Crippen LogP contribution in [0.15, 0.2) is 24.5 Å². The molecule has 0 unspecified atom stereocenters. The van der Waals surface area contributed by atoms with Crippen LogP contribution in [-0.4, -0.2) is 30.0 Å². The van der Waals surface area contributed by atoms with E-state index in [0.29, 0.717) is 5.56 Å². The minimum Gasteiger partial charge on any atom is -0.467 e. The van der Waals surface area contributed by atoms with Crippen LogP contribution in [0.1, 0.15) is 23.2 Å². The van der Waals surface area contributed by atoms with Crippen LogP contribution >= 0.6 is 0 Å². The molecule has 1 aromatic heterocycles. The van der Waals surface area contributed by atoms with Crippen molar-refractivity contribution in [2.75, 3.05) is 7.11 Å². The molecule has 0 spiro atoms. The van der Waals surface area contributed by atoms with Crippen molar-refractivity contribution in [2.45, 2.75) is 18.9 Å². The Labute approximate surface area is 105 Å². The minimum atomic E-state index is -0.810. The third-order valence-corrected chi connectivity index (χ3v) is 2.28. The molecule has 1 N–H and O–H groups in total. The molecule has 1 atom stereocenters. The van der Waals surface area contributed by atoms with E-state index >= 15 is 0 Å². The third-order valence-electron chi connectivity index (χ3n) is 2.28. The van der Waals surface area contributed by atoms with Gasteiger partial charge in [0.15, 0.2) is 0 Å². The molecule has 1 heterocycles. The summed E-state index contributed by atoms with van der Waals surface area (Å²) in [4.78, 5) is 27.0. The molecule has 0 aliphatic rings. The van der Waals surface area contributed by atoms with E-state index in [4.69, 9.17) is 5.26 Å². The number of pyridine rings is 1. The molecule has 0 aliphatic carbocycles. The van der Waals surface area contributed by atoms with E-state index in [-0.39, 0.29) is 12.8 Å². The van der Waals surface area contributed by atoms with Gasteiger partial charge in [-0.1, -0.05) is 0 Å². The predicted octanol–water partition coefficient (Wildman–Crippen LogP) is 0.657. The Balaban J connectivity index is 2.69. The number of carbonyl (C=O) groups is 2. The minimum absolute atomic E-state index is 0.163. The quantitative estimate of drug-likeness (QED) is 0.771. The molecule has 0 fully saturated rings. The molecular formula is C12H13N3O3. The van der Waals surface area contributed by atoms with Gasteiger partial charge in [-0.3, -0.25) is 9.78 Å². The summed E-state index contributed by atoms with van der Waals surface area (Å²) in [5.41, 5.74) is 0.399. The first-order chi connectivity index (χ1) is 8.69. The SMILES string of the molecule is COC(=O)[C@@H](CCC#N)NC(=O)c1ccncc1. The van der Waals surface area contributed by atoms with Crippen LogP contribution in [-0.2, 0) is 9.53 Å². The van der Waals surface area contributed by atoms with Crippen LogP contribution in [0.5, 0.6) is 0 Å². The summed E-state index contributed by atoms with van der Waals surface area (Å²) in [7, 11) is 1.24. The fourth-order valence-electron chi connectivity index (χ4n) is 1.34. The number of methoxy groups -OCH3 is 1. The summed E-state index contributed by atoms with van der Waals surface area (Å²) in [5, 5.41) is 11.0. The van der Waals surface area contributed by atoms with E-state index in [1.54, 1.807) is 0 Å². The van der Waals surface area contributed by atoms with Crippen molar-refractivity contribution < 1.29 is 14.3 Å². The Bertz CT molecular complexity index is 453. The first-order valence-electron chi connectivity index (χ1n) is 5.34. The molecular weight excluding hydrogens is 234 g/mol. The molecule has 1 rings (SSSR count). The second-order valence-electron chi connectivity index (χ2n) is 3.48. The van der Waals surface area contributed by atoms with Crippen LogP contribution < -0.4 is 5.32 Å². The van der Waals surface area contributed by atoms with Crippen molar-refractivity contribution >= 4 is 11.9 Å². The fraction of sp³-hybridized carbons (Fsp3) is 0.333. The van der Waals surface area contributed by atoms with Gasteiger partial charge in [-0.2, -0.15) is 5.26 Å². The van der Waals surface area contributed by atoms with Gasteiger partial charge in [0, 0.05) is 24.4 Å². The number of hydrogen-bond donors (Lipinski definition) is 1. The zero-order valence-corrected chi connectivity index (χ0v) is 9.92. The average Bonchev–Trinajstić information content (AvgIpc) is 2.43. The Morgan fingerprint density at radius 2 is 2.17 bits per heavy atom. The maximum atomic E-state index is 11.8. The van der Waals surface area contributed by atoms with Crippen molar-refractivity contribution in [3.63, 3.8) is 0 Å². The van der Waals surface area contributed by atoms with E-state index < -0.39 is 17.9 Å². The van der Waals surface area contributed by atoms with Crippen LogP contribution in [0, 0.1) is 11.3 Å². The maximum absolute atomic E-state index is 11.8. The van der Waals surface area contributed by atoms with Gasteiger partial charge in [-0.25, -0.2) is 4.79 Å². The maximum Gasteiger partial charge on any atom is 0.328 e. The normalized spacial score (nSPS) is 11.1. The number of nitrogens with zero attached hydrogens (tertiary/aromatic N) is 2. The monoisotopic (exact) mass is 247 g/mol. The molecule has 1 amide bonds. The topological polar surface area (TPSA) is 92.1 Å². The zero-order valence-electron chi connectivity index (χ0n) is 9.92. The molecule has 18 heavy (non-hydrogen) atoms. The Morgan fingerprint density at radius 1 is 1.50 bits per heavy atom. The Morgan fingerprint density at radius 3 is 2.72 bits per heavy atom. The summed E-state index contributed by atoms with van der Waals surface area (Å²) >= 11 is 0. The van der Waals surface area contributed by atoms with Crippen molar-refractivity contribution in [2.24, 2.45) is 0 Å². The van der Waals surface area contributed by atoms with Gasteiger partial charge >= 0.3 is 5.97 Å². The van der Waals surface area contributed by atoms with Crippen LogP contribution in [0.3, 0.4) is 0 Å². The highest BCUT2D eigenvalue weighted by Crippen LogP contribution is 2.02. The van der Waals surface area contributed by atoms with E-state index in [0.717, 1.165) is 0 Å². The summed E-state index contributed by atoms with van der Waals surface area (Å²) in [6, 6.07) is 4.18. The van der Waals surface area contributed by atoms with Crippen LogP contribution in [0.2, 0.25) is 0 Å². The van der Waals surface area contributed by atoms with E-state index in [1.165, 1.54) is 31.6 Å². The van der Waals surface area contributed by atoms with Crippen molar-refractivity contribution in [3.05, 3.63) is 30.1 Å². The lowest BCUT2D eigenvalue weighted by molar-refractivity contribution is -0.143. The van der Waals surface area contributed by atoms with E-state index in [9.17, 15) is 9.59 Å². The van der Waals surface area contributed by atoms with Crippen molar-refractivity contribution in [1.29, 1.82) is 5.26 Å². The third kappa shape index (κ3) is 3.87. The lowest BCUT2D eigenvalue weighted by atomic mass is 10.1. The second kappa shape index (κ2) is 7.01. The van der Waals surface area contributed by atoms with Gasteiger partial charge in [-0.05, 0) is 18.6 Å². The van der Waals surface area contributed by atoms with Gasteiger partial charge in [-0.15, -0.1) is 0 Å².